The fourth-order valence-corrected chi connectivity index (χ4v) is 4.10. The average molecular weight is 340 g/mol. The van der Waals surface area contributed by atoms with Crippen LogP contribution in [0.5, 0.6) is 5.75 Å². The molecule has 1 atom stereocenters. The third-order valence-electron chi connectivity index (χ3n) is 3.72. The van der Waals surface area contributed by atoms with Gasteiger partial charge in [-0.2, -0.15) is 0 Å². The zero-order chi connectivity index (χ0) is 17.0. The van der Waals surface area contributed by atoms with Crippen LogP contribution in [0, 0.1) is 0 Å². The topological polar surface area (TPSA) is 113 Å². The molecule has 0 spiro atoms. The zero-order valence-electron chi connectivity index (χ0n) is 12.8. The van der Waals surface area contributed by atoms with Crippen LogP contribution < -0.4 is 10.6 Å². The normalized spacial score (nSPS) is 19.3. The summed E-state index contributed by atoms with van der Waals surface area (Å²) in [5, 5.41) is 14.7. The Morgan fingerprint density at radius 2 is 2.09 bits per heavy atom. The second-order valence-electron chi connectivity index (χ2n) is 5.56. The predicted octanol–water partition coefficient (Wildman–Crippen LogP) is -0.0123. The minimum Gasteiger partial charge on any atom is -0.507 e. The molecule has 1 aliphatic rings. The van der Waals surface area contributed by atoms with Gasteiger partial charge in [-0.3, -0.25) is 9.59 Å². The quantitative estimate of drug-likeness (QED) is 0.698. The molecule has 7 nitrogen and oxygen atoms in total. The number of aryl methyl sites for hydroxylation is 1. The van der Waals surface area contributed by atoms with E-state index in [0.29, 0.717) is 6.42 Å². The number of carbonyl (C=O) groups is 2. The molecule has 0 aromatic heterocycles. The number of sulfone groups is 1. The fraction of sp³-hybridized carbons (Fsp3) is 0.467. The van der Waals surface area contributed by atoms with E-state index in [-0.39, 0.29) is 29.4 Å². The molecule has 0 radical (unpaired) electrons. The summed E-state index contributed by atoms with van der Waals surface area (Å²) < 4.78 is 22.6. The van der Waals surface area contributed by atoms with E-state index < -0.39 is 27.7 Å². The van der Waals surface area contributed by atoms with Crippen LogP contribution in [-0.4, -0.2) is 49.4 Å². The van der Waals surface area contributed by atoms with Crippen molar-refractivity contribution < 1.29 is 23.1 Å². The third-order valence-corrected chi connectivity index (χ3v) is 5.49. The molecule has 1 aromatic rings. The first kappa shape index (κ1) is 17.3. The summed E-state index contributed by atoms with van der Waals surface area (Å²) >= 11 is 0. The highest BCUT2D eigenvalue weighted by Crippen LogP contribution is 2.18. The maximum Gasteiger partial charge on any atom is 0.255 e. The minimum atomic E-state index is -3.06. The summed E-state index contributed by atoms with van der Waals surface area (Å²) in [5.74, 6) is -1.14. The van der Waals surface area contributed by atoms with Crippen molar-refractivity contribution in [3.05, 3.63) is 29.3 Å². The summed E-state index contributed by atoms with van der Waals surface area (Å²) in [5.41, 5.74) is 1.01. The van der Waals surface area contributed by atoms with Gasteiger partial charge in [0.15, 0.2) is 9.84 Å². The van der Waals surface area contributed by atoms with Gasteiger partial charge in [0.05, 0.1) is 23.6 Å². The van der Waals surface area contributed by atoms with E-state index >= 15 is 0 Å². The molecule has 1 fully saturated rings. The van der Waals surface area contributed by atoms with Crippen LogP contribution in [0.1, 0.15) is 29.3 Å². The average Bonchev–Trinajstić information content (AvgIpc) is 2.84. The van der Waals surface area contributed by atoms with Crippen molar-refractivity contribution in [3.63, 3.8) is 0 Å². The Labute approximate surface area is 135 Å². The molecule has 23 heavy (non-hydrogen) atoms. The van der Waals surface area contributed by atoms with Crippen LogP contribution in [0.15, 0.2) is 18.2 Å². The maximum atomic E-state index is 12.0. The van der Waals surface area contributed by atoms with Crippen LogP contribution >= 0.6 is 0 Å². The van der Waals surface area contributed by atoms with Gasteiger partial charge in [0, 0.05) is 6.04 Å². The Hall–Kier alpha value is -2.09. The third kappa shape index (κ3) is 4.69. The molecule has 3 N–H and O–H groups in total. The Bertz CT molecular complexity index is 715. The highest BCUT2D eigenvalue weighted by atomic mass is 32.2. The lowest BCUT2D eigenvalue weighted by atomic mass is 10.1. The monoisotopic (exact) mass is 340 g/mol. The van der Waals surface area contributed by atoms with E-state index in [4.69, 9.17) is 0 Å². The van der Waals surface area contributed by atoms with Crippen molar-refractivity contribution in [3.8, 4) is 5.75 Å². The van der Waals surface area contributed by atoms with Crippen LogP contribution in [0.2, 0.25) is 0 Å². The van der Waals surface area contributed by atoms with E-state index in [9.17, 15) is 23.1 Å². The number of nitrogens with one attached hydrogen (secondary N) is 2. The second-order valence-corrected chi connectivity index (χ2v) is 7.78. The van der Waals surface area contributed by atoms with Gasteiger partial charge in [-0.25, -0.2) is 8.42 Å². The largest absolute Gasteiger partial charge is 0.507 e. The van der Waals surface area contributed by atoms with Crippen LogP contribution in [0.4, 0.5) is 0 Å². The highest BCUT2D eigenvalue weighted by Gasteiger charge is 2.28. The number of hydrogen-bond acceptors (Lipinski definition) is 5. The molecular weight excluding hydrogens is 320 g/mol. The molecule has 2 amide bonds. The SMILES string of the molecule is CCc1ccc(O)c(C(=O)NCC(=O)N[C@@H]2CCS(=O)(=O)C2)c1. The first-order valence-corrected chi connectivity index (χ1v) is 9.22. The van der Waals surface area contributed by atoms with Crippen LogP contribution in [0.25, 0.3) is 0 Å². The lowest BCUT2D eigenvalue weighted by Gasteiger charge is -2.12. The summed E-state index contributed by atoms with van der Waals surface area (Å²) in [6, 6.07) is 4.34. The predicted molar refractivity (Wildman–Crippen MR) is 85.0 cm³/mol. The lowest BCUT2D eigenvalue weighted by Crippen LogP contribution is -2.42. The Morgan fingerprint density at radius 1 is 1.35 bits per heavy atom. The standard InChI is InChI=1S/C15H20N2O5S/c1-2-10-3-4-13(18)12(7-10)15(20)16-8-14(19)17-11-5-6-23(21,22)9-11/h3-4,7,11,18H,2,5-6,8-9H2,1H3,(H,16,20)(H,17,19)/t11-/m1/s1. The Kier molecular flexibility index (Phi) is 5.25. The van der Waals surface area contributed by atoms with Crippen molar-refractivity contribution >= 4 is 21.7 Å². The molecule has 1 aliphatic heterocycles. The number of benzene rings is 1. The Balaban J connectivity index is 1.88. The van der Waals surface area contributed by atoms with Crippen molar-refractivity contribution in [1.82, 2.24) is 10.6 Å². The van der Waals surface area contributed by atoms with Crippen molar-refractivity contribution in [2.75, 3.05) is 18.1 Å². The first-order chi connectivity index (χ1) is 10.8. The highest BCUT2D eigenvalue weighted by molar-refractivity contribution is 7.91. The maximum absolute atomic E-state index is 12.0. The van der Waals surface area contributed by atoms with Crippen molar-refractivity contribution in [1.29, 1.82) is 0 Å². The van der Waals surface area contributed by atoms with Gasteiger partial charge < -0.3 is 15.7 Å². The summed E-state index contributed by atoms with van der Waals surface area (Å²) in [6.45, 7) is 1.66. The summed E-state index contributed by atoms with van der Waals surface area (Å²) in [7, 11) is -3.06. The molecule has 1 aromatic carbocycles. The molecule has 0 unspecified atom stereocenters. The van der Waals surface area contributed by atoms with E-state index in [0.717, 1.165) is 12.0 Å². The molecule has 1 heterocycles. The van der Waals surface area contributed by atoms with E-state index in [1.807, 2.05) is 6.92 Å². The van der Waals surface area contributed by atoms with E-state index in [1.165, 1.54) is 6.07 Å². The molecule has 126 valence electrons. The number of amides is 2. The number of hydrogen-bond donors (Lipinski definition) is 3. The van der Waals surface area contributed by atoms with Crippen molar-refractivity contribution in [2.45, 2.75) is 25.8 Å². The molecule has 2 rings (SSSR count). The van der Waals surface area contributed by atoms with Gasteiger partial charge in [0.25, 0.3) is 5.91 Å². The molecule has 0 aliphatic carbocycles. The van der Waals surface area contributed by atoms with Gasteiger partial charge in [-0.1, -0.05) is 13.0 Å². The number of phenols is 1. The van der Waals surface area contributed by atoms with E-state index in [2.05, 4.69) is 10.6 Å². The smallest absolute Gasteiger partial charge is 0.255 e. The van der Waals surface area contributed by atoms with Gasteiger partial charge >= 0.3 is 0 Å². The first-order valence-electron chi connectivity index (χ1n) is 7.40. The number of carbonyl (C=O) groups excluding carboxylic acids is 2. The van der Waals surface area contributed by atoms with Crippen LogP contribution in [-0.2, 0) is 21.1 Å². The van der Waals surface area contributed by atoms with Crippen molar-refractivity contribution in [2.24, 2.45) is 0 Å². The second kappa shape index (κ2) is 6.99. The van der Waals surface area contributed by atoms with Gasteiger partial charge in [0.2, 0.25) is 5.91 Å². The molecule has 0 saturated carbocycles. The van der Waals surface area contributed by atoms with Gasteiger partial charge in [0.1, 0.15) is 5.75 Å². The molecule has 8 heteroatoms. The summed E-state index contributed by atoms with van der Waals surface area (Å²) in [4.78, 5) is 23.8. The zero-order valence-corrected chi connectivity index (χ0v) is 13.6. The Morgan fingerprint density at radius 3 is 2.70 bits per heavy atom. The number of aromatic hydroxyl groups is 1. The lowest BCUT2D eigenvalue weighted by molar-refractivity contribution is -0.120. The van der Waals surface area contributed by atoms with Gasteiger partial charge in [-0.05, 0) is 30.5 Å². The molecule has 0 bridgehead atoms. The number of phenolic OH excluding ortho intramolecular Hbond substituents is 1. The van der Waals surface area contributed by atoms with Crippen LogP contribution in [0.3, 0.4) is 0 Å². The molecule has 1 saturated heterocycles. The number of rotatable bonds is 5. The summed E-state index contributed by atoms with van der Waals surface area (Å²) in [6.07, 6.45) is 1.11. The van der Waals surface area contributed by atoms with E-state index in [1.54, 1.807) is 12.1 Å². The minimum absolute atomic E-state index is 0.0635. The fourth-order valence-electron chi connectivity index (χ4n) is 2.43. The molecular formula is C15H20N2O5S. The van der Waals surface area contributed by atoms with Gasteiger partial charge in [-0.15, -0.1) is 0 Å².